The van der Waals surface area contributed by atoms with E-state index >= 15 is 0 Å². The molecule has 0 saturated heterocycles. The van der Waals surface area contributed by atoms with Gasteiger partial charge in [-0.15, -0.1) is 11.3 Å². The highest BCUT2D eigenvalue weighted by atomic mass is 32.1. The van der Waals surface area contributed by atoms with E-state index in [0.717, 1.165) is 18.4 Å². The number of nitrogens with zero attached hydrogens (tertiary/aromatic N) is 1. The molecule has 0 atom stereocenters. The number of nitrogens with two attached hydrogens (primary N) is 1. The molecular weight excluding hydrogens is 406 g/mol. The minimum absolute atomic E-state index is 0.0990. The zero-order chi connectivity index (χ0) is 21.1. The van der Waals surface area contributed by atoms with Gasteiger partial charge in [0.15, 0.2) is 5.75 Å². The van der Waals surface area contributed by atoms with Gasteiger partial charge in [-0.25, -0.2) is 9.78 Å². The van der Waals surface area contributed by atoms with E-state index in [9.17, 15) is 9.59 Å². The smallest absolute Gasteiger partial charge is 0.489 e. The quantitative estimate of drug-likeness (QED) is 0.550. The van der Waals surface area contributed by atoms with Crippen molar-refractivity contribution in [2.24, 2.45) is 0 Å². The van der Waals surface area contributed by atoms with Gasteiger partial charge >= 0.3 is 6.16 Å². The van der Waals surface area contributed by atoms with Gasteiger partial charge in [0.2, 0.25) is 0 Å². The van der Waals surface area contributed by atoms with Crippen LogP contribution in [0, 0.1) is 0 Å². The summed E-state index contributed by atoms with van der Waals surface area (Å²) in [6, 6.07) is 7.33. The molecule has 1 aliphatic carbocycles. The number of fused-ring (bicyclic) bond motifs is 1. The van der Waals surface area contributed by atoms with Crippen molar-refractivity contribution in [3.05, 3.63) is 47.0 Å². The van der Waals surface area contributed by atoms with Crippen molar-refractivity contribution in [1.29, 1.82) is 0 Å². The number of carbonyl (C=O) groups is 2. The zero-order valence-corrected chi connectivity index (χ0v) is 17.2. The van der Waals surface area contributed by atoms with Crippen LogP contribution in [0.2, 0.25) is 0 Å². The number of rotatable bonds is 7. The van der Waals surface area contributed by atoms with E-state index in [0.29, 0.717) is 33.3 Å². The highest BCUT2D eigenvalue weighted by molar-refractivity contribution is 7.17. The molecule has 2 heterocycles. The number of nitrogens with one attached hydrogen (secondary N) is 1. The van der Waals surface area contributed by atoms with E-state index in [1.807, 2.05) is 5.38 Å². The molecule has 1 aliphatic rings. The third kappa shape index (κ3) is 4.46. The highest BCUT2D eigenvalue weighted by Crippen LogP contribution is 2.37. The minimum atomic E-state index is -0.794. The van der Waals surface area contributed by atoms with Crippen LogP contribution in [0.5, 0.6) is 11.5 Å². The molecule has 0 bridgehead atoms. The fourth-order valence-corrected chi connectivity index (χ4v) is 3.92. The molecular formula is C21H21N3O5S. The largest absolute Gasteiger partial charge is 0.513 e. The summed E-state index contributed by atoms with van der Waals surface area (Å²) in [5, 5.41) is 5.51. The molecule has 1 saturated carbocycles. The lowest BCUT2D eigenvalue weighted by Crippen LogP contribution is -2.25. The standard InChI is InChI=1S/C21H21N3O5S/c1-2-27-21(26)29-16-9-23-19(22)17-13(11-30-18(16)17)10-28-15-5-3-4-12(8-15)20(25)24-14-6-7-14/h3-5,8-9,11,14H,2,6-7,10H2,1H3,(H2,22,23)(H,24,25). The normalized spacial score (nSPS) is 13.1. The number of carbonyl (C=O) groups excluding carboxylic acids is 2. The molecule has 1 fully saturated rings. The number of hydrogen-bond acceptors (Lipinski definition) is 8. The van der Waals surface area contributed by atoms with Crippen molar-refractivity contribution in [1.82, 2.24) is 10.3 Å². The van der Waals surface area contributed by atoms with Gasteiger partial charge in [-0.05, 0) is 43.3 Å². The number of hydrogen-bond donors (Lipinski definition) is 2. The molecule has 0 spiro atoms. The minimum Gasteiger partial charge on any atom is -0.489 e. The lowest BCUT2D eigenvalue weighted by molar-refractivity contribution is 0.0949. The van der Waals surface area contributed by atoms with Gasteiger partial charge in [-0.1, -0.05) is 6.07 Å². The van der Waals surface area contributed by atoms with E-state index in [1.54, 1.807) is 31.2 Å². The van der Waals surface area contributed by atoms with Gasteiger partial charge in [0.25, 0.3) is 5.91 Å². The van der Waals surface area contributed by atoms with Gasteiger partial charge in [-0.2, -0.15) is 0 Å². The van der Waals surface area contributed by atoms with E-state index in [1.165, 1.54) is 17.5 Å². The molecule has 8 nitrogen and oxygen atoms in total. The molecule has 3 aromatic rings. The lowest BCUT2D eigenvalue weighted by Gasteiger charge is -2.09. The van der Waals surface area contributed by atoms with E-state index in [-0.39, 0.29) is 24.9 Å². The Bertz CT molecular complexity index is 1090. The van der Waals surface area contributed by atoms with Gasteiger partial charge < -0.3 is 25.3 Å². The molecule has 9 heteroatoms. The molecule has 0 radical (unpaired) electrons. The second-order valence-corrected chi connectivity index (χ2v) is 7.70. The van der Waals surface area contributed by atoms with Crippen molar-refractivity contribution in [2.75, 3.05) is 12.3 Å². The Morgan fingerprint density at radius 2 is 2.17 bits per heavy atom. The summed E-state index contributed by atoms with van der Waals surface area (Å²) < 4.78 is 16.6. The number of anilines is 1. The Hall–Kier alpha value is -3.33. The van der Waals surface area contributed by atoms with Crippen LogP contribution in [0.1, 0.15) is 35.7 Å². The monoisotopic (exact) mass is 427 g/mol. The molecule has 1 aromatic carbocycles. The number of aromatic nitrogens is 1. The van der Waals surface area contributed by atoms with Crippen LogP contribution in [-0.4, -0.2) is 29.7 Å². The summed E-state index contributed by atoms with van der Waals surface area (Å²) in [5.74, 6) is 1.08. The summed E-state index contributed by atoms with van der Waals surface area (Å²) in [4.78, 5) is 28.0. The lowest BCUT2D eigenvalue weighted by atomic mass is 10.2. The van der Waals surface area contributed by atoms with Gasteiger partial charge in [0.1, 0.15) is 18.2 Å². The van der Waals surface area contributed by atoms with Crippen molar-refractivity contribution >= 4 is 39.3 Å². The summed E-state index contributed by atoms with van der Waals surface area (Å²) in [5.41, 5.74) is 7.42. The first kappa shape index (κ1) is 20.0. The first-order valence-corrected chi connectivity index (χ1v) is 10.5. The number of benzene rings is 1. The molecule has 4 rings (SSSR count). The number of nitrogen functional groups attached to an aromatic ring is 1. The number of ether oxygens (including phenoxy) is 3. The van der Waals surface area contributed by atoms with Crippen LogP contribution in [0.25, 0.3) is 10.1 Å². The third-order valence-electron chi connectivity index (χ3n) is 4.53. The molecule has 1 amide bonds. The number of thiophene rings is 1. The second kappa shape index (κ2) is 8.58. The number of pyridine rings is 1. The first-order valence-electron chi connectivity index (χ1n) is 9.58. The Labute approximate surface area is 176 Å². The molecule has 2 aromatic heterocycles. The van der Waals surface area contributed by atoms with Crippen molar-refractivity contribution in [3.63, 3.8) is 0 Å². The van der Waals surface area contributed by atoms with Gasteiger partial charge in [0.05, 0.1) is 17.5 Å². The summed E-state index contributed by atoms with van der Waals surface area (Å²) in [6.07, 6.45) is 2.67. The van der Waals surface area contributed by atoms with Crippen molar-refractivity contribution in [2.45, 2.75) is 32.4 Å². The number of amides is 1. The highest BCUT2D eigenvalue weighted by Gasteiger charge is 2.24. The van der Waals surface area contributed by atoms with Crippen LogP contribution in [0.4, 0.5) is 10.6 Å². The zero-order valence-electron chi connectivity index (χ0n) is 16.3. The van der Waals surface area contributed by atoms with Crippen LogP contribution >= 0.6 is 11.3 Å². The molecule has 0 unspecified atom stereocenters. The summed E-state index contributed by atoms with van der Waals surface area (Å²) >= 11 is 1.37. The van der Waals surface area contributed by atoms with Crippen LogP contribution in [-0.2, 0) is 11.3 Å². The van der Waals surface area contributed by atoms with E-state index in [2.05, 4.69) is 10.3 Å². The topological polar surface area (TPSA) is 113 Å². The predicted molar refractivity (Wildman–Crippen MR) is 113 cm³/mol. The average Bonchev–Trinajstić information content (AvgIpc) is 3.44. The van der Waals surface area contributed by atoms with E-state index in [4.69, 9.17) is 19.9 Å². The molecule has 3 N–H and O–H groups in total. The van der Waals surface area contributed by atoms with Crippen LogP contribution in [0.15, 0.2) is 35.8 Å². The molecule has 156 valence electrons. The molecule has 30 heavy (non-hydrogen) atoms. The maximum absolute atomic E-state index is 12.2. The van der Waals surface area contributed by atoms with Crippen LogP contribution in [0.3, 0.4) is 0 Å². The second-order valence-electron chi connectivity index (χ2n) is 6.82. The summed E-state index contributed by atoms with van der Waals surface area (Å²) in [7, 11) is 0. The fourth-order valence-electron chi connectivity index (χ4n) is 2.91. The van der Waals surface area contributed by atoms with Crippen molar-refractivity contribution < 1.29 is 23.8 Å². The maximum atomic E-state index is 12.2. The van der Waals surface area contributed by atoms with Gasteiger partial charge in [-0.3, -0.25) is 4.79 Å². The summed E-state index contributed by atoms with van der Waals surface area (Å²) in [6.45, 7) is 2.14. The SMILES string of the molecule is CCOC(=O)Oc1cnc(N)c2c(COc3cccc(C(=O)NC4CC4)c3)csc12. The molecule has 0 aliphatic heterocycles. The Balaban J connectivity index is 1.50. The van der Waals surface area contributed by atoms with Crippen molar-refractivity contribution in [3.8, 4) is 11.5 Å². The Kier molecular flexibility index (Phi) is 5.71. The Morgan fingerprint density at radius 1 is 1.33 bits per heavy atom. The van der Waals surface area contributed by atoms with Crippen LogP contribution < -0.4 is 20.5 Å². The third-order valence-corrected chi connectivity index (χ3v) is 5.57. The predicted octanol–water partition coefficient (Wildman–Crippen LogP) is 3.89. The van der Waals surface area contributed by atoms with Gasteiger partial charge in [0, 0.05) is 22.6 Å². The average molecular weight is 427 g/mol. The Morgan fingerprint density at radius 3 is 2.93 bits per heavy atom. The first-order chi connectivity index (χ1) is 14.5. The van der Waals surface area contributed by atoms with E-state index < -0.39 is 6.16 Å². The maximum Gasteiger partial charge on any atom is 0.513 e. The fraction of sp³-hybridized carbons (Fsp3) is 0.286.